The minimum Gasteiger partial charge on any atom is -0.495 e. The van der Waals surface area contributed by atoms with Gasteiger partial charge >= 0.3 is 0 Å². The summed E-state index contributed by atoms with van der Waals surface area (Å²) in [5.74, 6) is -1.84. The number of ether oxygens (including phenoxy) is 2. The molecular formula is C19H20F2N2O5S2. The molecule has 0 atom stereocenters. The van der Waals surface area contributed by atoms with Gasteiger partial charge in [-0.05, 0) is 30.3 Å². The van der Waals surface area contributed by atoms with Crippen LogP contribution in [0, 0.1) is 11.6 Å². The normalized spacial score (nSPS) is 15.0. The number of benzene rings is 2. The fourth-order valence-corrected chi connectivity index (χ4v) is 4.96. The molecule has 1 amide bonds. The summed E-state index contributed by atoms with van der Waals surface area (Å²) in [7, 11) is -2.36. The molecule has 1 N–H and O–H groups in total. The largest absolute Gasteiger partial charge is 0.495 e. The number of hydrogen-bond acceptors (Lipinski definition) is 6. The predicted molar refractivity (Wildman–Crippen MR) is 108 cm³/mol. The molecule has 0 aromatic heterocycles. The third-order valence-corrected chi connectivity index (χ3v) is 7.25. The van der Waals surface area contributed by atoms with Crippen molar-refractivity contribution in [3.8, 4) is 5.75 Å². The number of methoxy groups -OCH3 is 1. The van der Waals surface area contributed by atoms with Crippen LogP contribution in [0.4, 0.5) is 14.5 Å². The van der Waals surface area contributed by atoms with E-state index in [1.54, 1.807) is 0 Å². The molecule has 1 aliphatic heterocycles. The maximum Gasteiger partial charge on any atom is 0.243 e. The second-order valence-electron chi connectivity index (χ2n) is 6.29. The number of thioether (sulfide) groups is 1. The van der Waals surface area contributed by atoms with Crippen LogP contribution in [0.5, 0.6) is 5.75 Å². The van der Waals surface area contributed by atoms with Gasteiger partial charge in [-0.1, -0.05) is 0 Å². The maximum atomic E-state index is 13.7. The predicted octanol–water partition coefficient (Wildman–Crippen LogP) is 2.73. The second kappa shape index (κ2) is 9.73. The van der Waals surface area contributed by atoms with Crippen LogP contribution in [0.15, 0.2) is 46.2 Å². The Labute approximate surface area is 177 Å². The van der Waals surface area contributed by atoms with Gasteiger partial charge < -0.3 is 14.8 Å². The fraction of sp³-hybridized carbons (Fsp3) is 0.316. The van der Waals surface area contributed by atoms with Gasteiger partial charge in [0.1, 0.15) is 17.4 Å². The Kier molecular flexibility index (Phi) is 7.29. The van der Waals surface area contributed by atoms with E-state index in [0.717, 1.165) is 23.9 Å². The van der Waals surface area contributed by atoms with Crippen LogP contribution in [0.1, 0.15) is 0 Å². The lowest BCUT2D eigenvalue weighted by Crippen LogP contribution is -2.40. The van der Waals surface area contributed by atoms with E-state index in [9.17, 15) is 22.0 Å². The highest BCUT2D eigenvalue weighted by Crippen LogP contribution is 2.30. The molecule has 0 spiro atoms. The minimum absolute atomic E-state index is 0.0118. The molecule has 162 valence electrons. The molecule has 1 fully saturated rings. The van der Waals surface area contributed by atoms with E-state index >= 15 is 0 Å². The number of amides is 1. The number of rotatable bonds is 7. The fourth-order valence-electron chi connectivity index (χ4n) is 2.80. The van der Waals surface area contributed by atoms with Gasteiger partial charge in [-0.3, -0.25) is 4.79 Å². The Bertz CT molecular complexity index is 1030. The number of sulfonamides is 1. The number of nitrogens with one attached hydrogen (secondary N) is 1. The summed E-state index contributed by atoms with van der Waals surface area (Å²) < 4.78 is 64.1. The third kappa shape index (κ3) is 5.28. The lowest BCUT2D eigenvalue weighted by Gasteiger charge is -2.26. The zero-order chi connectivity index (χ0) is 21.7. The molecule has 1 heterocycles. The lowest BCUT2D eigenvalue weighted by atomic mass is 10.3. The van der Waals surface area contributed by atoms with E-state index in [-0.39, 0.29) is 40.1 Å². The van der Waals surface area contributed by atoms with Crippen molar-refractivity contribution in [2.75, 3.05) is 44.5 Å². The van der Waals surface area contributed by atoms with Gasteiger partial charge in [0.05, 0.1) is 36.7 Å². The zero-order valence-corrected chi connectivity index (χ0v) is 17.7. The molecule has 0 aliphatic carbocycles. The molecule has 7 nitrogen and oxygen atoms in total. The lowest BCUT2D eigenvalue weighted by molar-refractivity contribution is -0.113. The molecule has 0 unspecified atom stereocenters. The van der Waals surface area contributed by atoms with Crippen LogP contribution in [0.2, 0.25) is 0 Å². The first-order valence-electron chi connectivity index (χ1n) is 8.95. The van der Waals surface area contributed by atoms with E-state index in [0.29, 0.717) is 13.2 Å². The number of carbonyl (C=O) groups is 1. The molecule has 2 aromatic carbocycles. The zero-order valence-electron chi connectivity index (χ0n) is 16.1. The molecular weight excluding hydrogens is 438 g/mol. The third-order valence-electron chi connectivity index (χ3n) is 4.31. The van der Waals surface area contributed by atoms with Crippen molar-refractivity contribution in [1.82, 2.24) is 4.31 Å². The quantitative estimate of drug-likeness (QED) is 0.643. The van der Waals surface area contributed by atoms with Crippen LogP contribution < -0.4 is 10.1 Å². The van der Waals surface area contributed by atoms with Crippen molar-refractivity contribution in [3.05, 3.63) is 48.0 Å². The first kappa shape index (κ1) is 22.5. The summed E-state index contributed by atoms with van der Waals surface area (Å²) in [4.78, 5) is 12.5. The van der Waals surface area contributed by atoms with E-state index in [4.69, 9.17) is 9.47 Å². The minimum atomic E-state index is -3.75. The Morgan fingerprint density at radius 1 is 1.20 bits per heavy atom. The Hall–Kier alpha value is -2.21. The number of carbonyl (C=O) groups excluding carboxylic acids is 1. The average molecular weight is 459 g/mol. The van der Waals surface area contributed by atoms with Gasteiger partial charge in [0.25, 0.3) is 0 Å². The van der Waals surface area contributed by atoms with Crippen molar-refractivity contribution >= 4 is 33.4 Å². The monoisotopic (exact) mass is 458 g/mol. The summed E-state index contributed by atoms with van der Waals surface area (Å²) >= 11 is 0.894. The summed E-state index contributed by atoms with van der Waals surface area (Å²) in [6.07, 6.45) is 0. The van der Waals surface area contributed by atoms with Gasteiger partial charge in [0.15, 0.2) is 0 Å². The van der Waals surface area contributed by atoms with E-state index in [1.807, 2.05) is 0 Å². The number of hydrogen-bond donors (Lipinski definition) is 1. The van der Waals surface area contributed by atoms with Crippen LogP contribution in [-0.2, 0) is 19.6 Å². The van der Waals surface area contributed by atoms with Crippen LogP contribution in [0.25, 0.3) is 0 Å². The van der Waals surface area contributed by atoms with Gasteiger partial charge in [-0.15, -0.1) is 11.8 Å². The molecule has 0 bridgehead atoms. The van der Waals surface area contributed by atoms with Crippen molar-refractivity contribution in [1.29, 1.82) is 0 Å². The van der Waals surface area contributed by atoms with Crippen LogP contribution in [0.3, 0.4) is 0 Å². The smallest absolute Gasteiger partial charge is 0.243 e. The van der Waals surface area contributed by atoms with Crippen molar-refractivity contribution in [2.45, 2.75) is 9.79 Å². The number of anilines is 1. The maximum absolute atomic E-state index is 13.7. The SMILES string of the molecule is COc1ccc(S(=O)(=O)N2CCOCC2)cc1NC(=O)CSc1ccc(F)cc1F. The molecule has 1 saturated heterocycles. The Morgan fingerprint density at radius 3 is 2.60 bits per heavy atom. The molecule has 3 rings (SSSR count). The van der Waals surface area contributed by atoms with Crippen molar-refractivity contribution in [2.24, 2.45) is 0 Å². The number of morpholine rings is 1. The van der Waals surface area contributed by atoms with Crippen LogP contribution in [-0.4, -0.2) is 57.8 Å². The number of nitrogens with zero attached hydrogens (tertiary/aromatic N) is 1. The Balaban J connectivity index is 1.74. The van der Waals surface area contributed by atoms with E-state index in [1.165, 1.54) is 35.7 Å². The first-order chi connectivity index (χ1) is 14.3. The molecule has 1 aliphatic rings. The molecule has 2 aromatic rings. The standard InChI is InChI=1S/C19H20F2N2O5S2/c1-27-17-4-3-14(30(25,26)23-6-8-28-9-7-23)11-16(17)22-19(24)12-29-18-5-2-13(20)10-15(18)21/h2-5,10-11H,6-9,12H2,1H3,(H,22,24). The van der Waals surface area contributed by atoms with Gasteiger partial charge in [-0.2, -0.15) is 4.31 Å². The highest BCUT2D eigenvalue weighted by molar-refractivity contribution is 8.00. The highest BCUT2D eigenvalue weighted by atomic mass is 32.2. The van der Waals surface area contributed by atoms with Gasteiger partial charge in [0.2, 0.25) is 15.9 Å². The molecule has 0 radical (unpaired) electrons. The van der Waals surface area contributed by atoms with Crippen molar-refractivity contribution < 1.29 is 31.5 Å². The van der Waals surface area contributed by atoms with E-state index in [2.05, 4.69) is 5.32 Å². The number of halogens is 2. The Morgan fingerprint density at radius 2 is 1.93 bits per heavy atom. The highest BCUT2D eigenvalue weighted by Gasteiger charge is 2.27. The molecule has 30 heavy (non-hydrogen) atoms. The topological polar surface area (TPSA) is 84.9 Å². The van der Waals surface area contributed by atoms with Gasteiger partial charge in [-0.25, -0.2) is 17.2 Å². The van der Waals surface area contributed by atoms with Crippen LogP contribution >= 0.6 is 11.8 Å². The first-order valence-corrected chi connectivity index (χ1v) is 11.4. The molecule has 0 saturated carbocycles. The van der Waals surface area contributed by atoms with Gasteiger partial charge in [0, 0.05) is 24.1 Å². The second-order valence-corrected chi connectivity index (χ2v) is 9.25. The summed E-state index contributed by atoms with van der Waals surface area (Å²) in [5, 5.41) is 2.59. The van der Waals surface area contributed by atoms with Crippen molar-refractivity contribution in [3.63, 3.8) is 0 Å². The summed E-state index contributed by atoms with van der Waals surface area (Å²) in [5.41, 5.74) is 0.178. The molecule has 11 heteroatoms. The summed E-state index contributed by atoms with van der Waals surface area (Å²) in [6, 6.07) is 7.27. The summed E-state index contributed by atoms with van der Waals surface area (Å²) in [6.45, 7) is 1.12. The average Bonchev–Trinajstić information content (AvgIpc) is 2.73. The van der Waals surface area contributed by atoms with E-state index < -0.39 is 27.6 Å².